The van der Waals surface area contributed by atoms with Crippen molar-refractivity contribution in [2.75, 3.05) is 13.1 Å². The van der Waals surface area contributed by atoms with E-state index >= 15 is 0 Å². The summed E-state index contributed by atoms with van der Waals surface area (Å²) in [4.78, 5) is 14.6. The molecule has 0 aliphatic heterocycles. The van der Waals surface area contributed by atoms with E-state index in [0.29, 0.717) is 6.54 Å². The molecular formula is C8H13N3OS. The minimum absolute atomic E-state index is 0.0102. The first-order valence-corrected chi connectivity index (χ1v) is 5.00. The van der Waals surface area contributed by atoms with Crippen molar-refractivity contribution in [3.05, 3.63) is 16.6 Å². The number of hydrogen-bond acceptors (Lipinski definition) is 4. The maximum atomic E-state index is 10.5. The molecule has 13 heavy (non-hydrogen) atoms. The second kappa shape index (κ2) is 5.66. The molecule has 0 spiro atoms. The predicted molar refractivity (Wildman–Crippen MR) is 52.5 cm³/mol. The Morgan fingerprint density at radius 3 is 3.08 bits per heavy atom. The van der Waals surface area contributed by atoms with Gasteiger partial charge in [0, 0.05) is 38.1 Å². The van der Waals surface area contributed by atoms with Gasteiger partial charge < -0.3 is 10.6 Å². The Bertz CT molecular complexity index is 248. The van der Waals surface area contributed by atoms with Crippen LogP contribution in [0, 0.1) is 0 Å². The molecule has 4 nitrogen and oxygen atoms in total. The summed E-state index contributed by atoms with van der Waals surface area (Å²) in [6.07, 6.45) is 1.79. The van der Waals surface area contributed by atoms with E-state index in [1.54, 1.807) is 17.5 Å². The quantitative estimate of drug-likeness (QED) is 0.674. The van der Waals surface area contributed by atoms with Crippen molar-refractivity contribution < 1.29 is 4.79 Å². The number of nitrogens with one attached hydrogen (secondary N) is 2. The average molecular weight is 199 g/mol. The van der Waals surface area contributed by atoms with Crippen LogP contribution in [0.4, 0.5) is 0 Å². The third-order valence-electron chi connectivity index (χ3n) is 1.44. The van der Waals surface area contributed by atoms with Crippen molar-refractivity contribution in [1.29, 1.82) is 0 Å². The minimum atomic E-state index is 0.0102. The minimum Gasteiger partial charge on any atom is -0.355 e. The second-order valence-corrected chi connectivity index (χ2v) is 3.56. The van der Waals surface area contributed by atoms with Gasteiger partial charge in [-0.1, -0.05) is 0 Å². The van der Waals surface area contributed by atoms with Gasteiger partial charge in [-0.05, 0) is 0 Å². The Balaban J connectivity index is 1.99. The Labute approximate surface area is 81.4 Å². The Hall–Kier alpha value is -0.940. The van der Waals surface area contributed by atoms with Gasteiger partial charge in [0.2, 0.25) is 5.91 Å². The van der Waals surface area contributed by atoms with E-state index in [0.717, 1.165) is 18.1 Å². The Kier molecular flexibility index (Phi) is 4.42. The van der Waals surface area contributed by atoms with E-state index in [4.69, 9.17) is 0 Å². The highest BCUT2D eigenvalue weighted by molar-refractivity contribution is 7.09. The third-order valence-corrected chi connectivity index (χ3v) is 2.22. The van der Waals surface area contributed by atoms with Crippen LogP contribution >= 0.6 is 11.3 Å². The maximum absolute atomic E-state index is 10.5. The molecule has 0 aliphatic carbocycles. The molecule has 1 aromatic rings. The molecule has 1 rings (SSSR count). The number of thiazole rings is 1. The topological polar surface area (TPSA) is 54.0 Å². The molecule has 0 saturated heterocycles. The van der Waals surface area contributed by atoms with Crippen molar-refractivity contribution in [1.82, 2.24) is 15.6 Å². The zero-order chi connectivity index (χ0) is 9.52. The molecule has 1 heterocycles. The van der Waals surface area contributed by atoms with Gasteiger partial charge in [-0.3, -0.25) is 4.79 Å². The smallest absolute Gasteiger partial charge is 0.216 e. The van der Waals surface area contributed by atoms with Crippen LogP contribution in [-0.4, -0.2) is 24.0 Å². The number of hydrogen-bond donors (Lipinski definition) is 2. The Morgan fingerprint density at radius 1 is 1.62 bits per heavy atom. The van der Waals surface area contributed by atoms with Crippen molar-refractivity contribution in [2.24, 2.45) is 0 Å². The zero-order valence-corrected chi connectivity index (χ0v) is 8.36. The maximum Gasteiger partial charge on any atom is 0.216 e. The van der Waals surface area contributed by atoms with Gasteiger partial charge >= 0.3 is 0 Å². The molecule has 2 N–H and O–H groups in total. The summed E-state index contributed by atoms with van der Waals surface area (Å²) >= 11 is 1.63. The number of amides is 1. The van der Waals surface area contributed by atoms with Gasteiger partial charge in [0.15, 0.2) is 0 Å². The summed E-state index contributed by atoms with van der Waals surface area (Å²) in [5.74, 6) is 0.0102. The van der Waals surface area contributed by atoms with E-state index in [-0.39, 0.29) is 5.91 Å². The van der Waals surface area contributed by atoms with E-state index < -0.39 is 0 Å². The number of rotatable bonds is 5. The molecule has 72 valence electrons. The summed E-state index contributed by atoms with van der Waals surface area (Å²) in [5, 5.41) is 8.90. The van der Waals surface area contributed by atoms with Crippen LogP contribution < -0.4 is 10.6 Å². The molecular weight excluding hydrogens is 186 g/mol. The summed E-state index contributed by atoms with van der Waals surface area (Å²) in [6.45, 7) is 3.73. The lowest BCUT2D eigenvalue weighted by molar-refractivity contribution is -0.118. The van der Waals surface area contributed by atoms with Crippen LogP contribution in [0.2, 0.25) is 0 Å². The number of carbonyl (C=O) groups excluding carboxylic acids is 1. The Morgan fingerprint density at radius 2 is 2.46 bits per heavy atom. The van der Waals surface area contributed by atoms with Crippen molar-refractivity contribution in [2.45, 2.75) is 13.5 Å². The highest BCUT2D eigenvalue weighted by Gasteiger charge is 1.94. The lowest BCUT2D eigenvalue weighted by Crippen LogP contribution is -2.29. The molecule has 0 bridgehead atoms. The van der Waals surface area contributed by atoms with Gasteiger partial charge in [-0.25, -0.2) is 4.98 Å². The lowest BCUT2D eigenvalue weighted by atomic mass is 10.5. The zero-order valence-electron chi connectivity index (χ0n) is 7.54. The molecule has 0 unspecified atom stereocenters. The van der Waals surface area contributed by atoms with Crippen LogP contribution in [0.1, 0.15) is 11.9 Å². The molecule has 0 aliphatic rings. The van der Waals surface area contributed by atoms with Crippen LogP contribution in [0.25, 0.3) is 0 Å². The second-order valence-electron chi connectivity index (χ2n) is 2.59. The molecule has 1 aromatic heterocycles. The normalized spacial score (nSPS) is 9.92. The summed E-state index contributed by atoms with van der Waals surface area (Å²) in [5.41, 5.74) is 0. The molecule has 0 atom stereocenters. The first-order valence-electron chi connectivity index (χ1n) is 4.12. The first-order chi connectivity index (χ1) is 6.29. The van der Waals surface area contributed by atoms with Crippen LogP contribution in [0.3, 0.4) is 0 Å². The van der Waals surface area contributed by atoms with Gasteiger partial charge in [-0.15, -0.1) is 11.3 Å². The molecule has 1 amide bonds. The fourth-order valence-electron chi connectivity index (χ4n) is 0.863. The van der Waals surface area contributed by atoms with E-state index in [1.165, 1.54) is 6.92 Å². The molecule has 0 radical (unpaired) electrons. The number of carbonyl (C=O) groups is 1. The van der Waals surface area contributed by atoms with Gasteiger partial charge in [0.05, 0.1) is 0 Å². The van der Waals surface area contributed by atoms with Crippen molar-refractivity contribution in [3.63, 3.8) is 0 Å². The summed E-state index contributed by atoms with van der Waals surface area (Å²) in [6, 6.07) is 0. The predicted octanol–water partition coefficient (Wildman–Crippen LogP) is 0.369. The third kappa shape index (κ3) is 4.59. The lowest BCUT2D eigenvalue weighted by Gasteiger charge is -2.02. The number of aromatic nitrogens is 1. The van der Waals surface area contributed by atoms with E-state index in [1.807, 2.05) is 5.38 Å². The molecule has 0 aromatic carbocycles. The van der Waals surface area contributed by atoms with Crippen LogP contribution in [0.5, 0.6) is 0 Å². The molecule has 5 heteroatoms. The van der Waals surface area contributed by atoms with Crippen molar-refractivity contribution in [3.8, 4) is 0 Å². The average Bonchev–Trinajstić information content (AvgIpc) is 2.55. The van der Waals surface area contributed by atoms with E-state index in [2.05, 4.69) is 15.6 Å². The fourth-order valence-corrected chi connectivity index (χ4v) is 1.45. The van der Waals surface area contributed by atoms with E-state index in [9.17, 15) is 4.79 Å². The van der Waals surface area contributed by atoms with Gasteiger partial charge in [0.25, 0.3) is 0 Å². The number of nitrogens with zero attached hydrogens (tertiary/aromatic N) is 1. The highest BCUT2D eigenvalue weighted by Crippen LogP contribution is 2.01. The summed E-state index contributed by atoms with van der Waals surface area (Å²) in [7, 11) is 0. The standard InChI is InChI=1S/C8H13N3OS/c1-7(12)10-3-2-9-6-8-11-4-5-13-8/h4-5,9H,2-3,6H2,1H3,(H,10,12). The van der Waals surface area contributed by atoms with Crippen molar-refractivity contribution >= 4 is 17.2 Å². The molecule has 0 saturated carbocycles. The summed E-state index contributed by atoms with van der Waals surface area (Å²) < 4.78 is 0. The van der Waals surface area contributed by atoms with Gasteiger partial charge in [-0.2, -0.15) is 0 Å². The SMILES string of the molecule is CC(=O)NCCNCc1nccs1. The fraction of sp³-hybridized carbons (Fsp3) is 0.500. The molecule has 0 fully saturated rings. The van der Waals surface area contributed by atoms with Gasteiger partial charge in [0.1, 0.15) is 5.01 Å². The highest BCUT2D eigenvalue weighted by atomic mass is 32.1. The van der Waals surface area contributed by atoms with Crippen LogP contribution in [0.15, 0.2) is 11.6 Å². The first kappa shape index (κ1) is 10.1. The monoisotopic (exact) mass is 199 g/mol. The largest absolute Gasteiger partial charge is 0.355 e. The van der Waals surface area contributed by atoms with Crippen LogP contribution in [-0.2, 0) is 11.3 Å².